The Morgan fingerprint density at radius 2 is 1.79 bits per heavy atom. The molecule has 1 unspecified atom stereocenters. The molecule has 47 heavy (non-hydrogen) atoms. The second-order valence-electron chi connectivity index (χ2n) is 12.6. The number of pyridine rings is 1. The van der Waals surface area contributed by atoms with Crippen LogP contribution in [0.5, 0.6) is 0 Å². The van der Waals surface area contributed by atoms with Gasteiger partial charge in [-0.1, -0.05) is 30.3 Å². The Morgan fingerprint density at radius 1 is 1.04 bits per heavy atom. The fourth-order valence-corrected chi connectivity index (χ4v) is 6.20. The highest BCUT2D eigenvalue weighted by molar-refractivity contribution is 6.04. The van der Waals surface area contributed by atoms with E-state index in [9.17, 15) is 32.7 Å². The number of hydrogen-bond acceptors (Lipinski definition) is 8. The number of anilines is 1. The van der Waals surface area contributed by atoms with E-state index in [4.69, 9.17) is 9.40 Å². The molecule has 0 aliphatic carbocycles. The lowest BCUT2D eigenvalue weighted by Crippen LogP contribution is -2.39. The number of likely N-dealkylation sites (tertiary alicyclic amines) is 1. The maximum atomic E-state index is 13.2. The lowest BCUT2D eigenvalue weighted by atomic mass is 9.89. The summed E-state index contributed by atoms with van der Waals surface area (Å²) in [5.41, 5.74) is 0.309. The quantitative estimate of drug-likeness (QED) is 0.220. The van der Waals surface area contributed by atoms with Crippen LogP contribution in [0.3, 0.4) is 0 Å². The van der Waals surface area contributed by atoms with Crippen molar-refractivity contribution in [2.75, 3.05) is 18.4 Å². The number of imide groups is 1. The van der Waals surface area contributed by atoms with Crippen LogP contribution in [0.25, 0.3) is 11.1 Å². The van der Waals surface area contributed by atoms with Crippen molar-refractivity contribution in [3.05, 3.63) is 88.6 Å². The summed E-state index contributed by atoms with van der Waals surface area (Å²) in [6, 6.07) is 14.1. The van der Waals surface area contributed by atoms with Crippen molar-refractivity contribution >= 4 is 34.5 Å². The summed E-state index contributed by atoms with van der Waals surface area (Å²) in [6.07, 6.45) is -2.31. The smallest absolute Gasteiger partial charge is 0.433 e. The highest BCUT2D eigenvalue weighted by atomic mass is 19.4. The molecule has 2 aromatic heterocycles. The monoisotopic (exact) mass is 649 g/mol. The van der Waals surface area contributed by atoms with Gasteiger partial charge < -0.3 is 14.8 Å². The van der Waals surface area contributed by atoms with Gasteiger partial charge in [0.25, 0.3) is 5.91 Å². The fourth-order valence-electron chi connectivity index (χ4n) is 6.20. The molecular weight excluding hydrogens is 615 g/mol. The SMILES string of the molecule is CC(C)(O)c1cc2nc(C3CCN(Cc4cccc(C5CCC(=O)NC5=O)c4)CC3)oc2cc1NC(=O)c1cccc(C(F)(F)F)n1. The molecule has 2 fully saturated rings. The number of nitrogens with one attached hydrogen (secondary N) is 2. The number of halogens is 3. The lowest BCUT2D eigenvalue weighted by Gasteiger charge is -2.30. The van der Waals surface area contributed by atoms with E-state index in [2.05, 4.69) is 20.5 Å². The number of piperidine rings is 2. The maximum Gasteiger partial charge on any atom is 0.433 e. The van der Waals surface area contributed by atoms with E-state index < -0.39 is 29.1 Å². The molecule has 0 radical (unpaired) electrons. The van der Waals surface area contributed by atoms with Gasteiger partial charge in [-0.25, -0.2) is 9.97 Å². The van der Waals surface area contributed by atoms with E-state index >= 15 is 0 Å². The first-order valence-corrected chi connectivity index (χ1v) is 15.4. The molecule has 3 N–H and O–H groups in total. The second-order valence-corrected chi connectivity index (χ2v) is 12.6. The summed E-state index contributed by atoms with van der Waals surface area (Å²) < 4.78 is 45.6. The molecule has 0 spiro atoms. The van der Waals surface area contributed by atoms with Gasteiger partial charge in [0.1, 0.15) is 16.9 Å². The average Bonchev–Trinajstić information content (AvgIpc) is 3.43. The third kappa shape index (κ3) is 7.20. The van der Waals surface area contributed by atoms with E-state index in [1.54, 1.807) is 6.07 Å². The van der Waals surface area contributed by atoms with Crippen molar-refractivity contribution in [1.29, 1.82) is 0 Å². The van der Waals surface area contributed by atoms with Gasteiger partial charge in [0.2, 0.25) is 11.8 Å². The third-order valence-electron chi connectivity index (χ3n) is 8.66. The molecule has 0 bridgehead atoms. The van der Waals surface area contributed by atoms with Crippen LogP contribution < -0.4 is 10.6 Å². The van der Waals surface area contributed by atoms with Gasteiger partial charge in [-0.3, -0.25) is 24.6 Å². The Kier molecular flexibility index (Phi) is 8.62. The van der Waals surface area contributed by atoms with Crippen LogP contribution in [0.2, 0.25) is 0 Å². The van der Waals surface area contributed by atoms with Crippen LogP contribution in [-0.4, -0.2) is 50.8 Å². The Morgan fingerprint density at radius 3 is 2.49 bits per heavy atom. The van der Waals surface area contributed by atoms with E-state index in [1.165, 1.54) is 26.0 Å². The molecule has 246 valence electrons. The molecule has 0 saturated carbocycles. The van der Waals surface area contributed by atoms with Gasteiger partial charge >= 0.3 is 6.18 Å². The zero-order chi connectivity index (χ0) is 33.5. The van der Waals surface area contributed by atoms with Gasteiger partial charge in [0.15, 0.2) is 11.5 Å². The lowest BCUT2D eigenvalue weighted by molar-refractivity contribution is -0.141. The van der Waals surface area contributed by atoms with Crippen molar-refractivity contribution in [3.63, 3.8) is 0 Å². The summed E-state index contributed by atoms with van der Waals surface area (Å²) in [4.78, 5) is 47.3. The Bertz CT molecular complexity index is 1840. The number of carbonyl (C=O) groups excluding carboxylic acids is 3. The van der Waals surface area contributed by atoms with Crippen molar-refractivity contribution < 1.29 is 37.1 Å². The Balaban J connectivity index is 1.15. The molecule has 2 aliphatic heterocycles. The van der Waals surface area contributed by atoms with Gasteiger partial charge in [0, 0.05) is 30.5 Å². The van der Waals surface area contributed by atoms with E-state index in [-0.39, 0.29) is 29.3 Å². The summed E-state index contributed by atoms with van der Waals surface area (Å²) in [7, 11) is 0. The number of nitrogens with zero attached hydrogens (tertiary/aromatic N) is 3. The third-order valence-corrected chi connectivity index (χ3v) is 8.66. The number of oxazole rings is 1. The summed E-state index contributed by atoms with van der Waals surface area (Å²) in [5.74, 6) is -1.12. The number of benzene rings is 2. The van der Waals surface area contributed by atoms with Gasteiger partial charge in [-0.05, 0) is 75.5 Å². The van der Waals surface area contributed by atoms with Crippen LogP contribution in [0.15, 0.2) is 59.0 Å². The van der Waals surface area contributed by atoms with Crippen molar-refractivity contribution in [1.82, 2.24) is 20.2 Å². The Hall–Kier alpha value is -4.62. The molecule has 2 saturated heterocycles. The predicted molar refractivity (Wildman–Crippen MR) is 165 cm³/mol. The molecule has 2 aliphatic rings. The van der Waals surface area contributed by atoms with Crippen LogP contribution in [-0.2, 0) is 27.9 Å². The number of aliphatic hydroxyl groups is 1. The van der Waals surface area contributed by atoms with Crippen molar-refractivity contribution in [3.8, 4) is 0 Å². The summed E-state index contributed by atoms with van der Waals surface area (Å²) >= 11 is 0. The van der Waals surface area contributed by atoms with Crippen LogP contribution >= 0.6 is 0 Å². The summed E-state index contributed by atoms with van der Waals surface area (Å²) in [5, 5.41) is 15.9. The predicted octanol–water partition coefficient (Wildman–Crippen LogP) is 5.62. The van der Waals surface area contributed by atoms with Crippen LogP contribution in [0.4, 0.5) is 18.9 Å². The van der Waals surface area contributed by atoms with Crippen LogP contribution in [0, 0.1) is 0 Å². The largest absolute Gasteiger partial charge is 0.440 e. The van der Waals surface area contributed by atoms with Crippen LogP contribution in [0.1, 0.15) is 90.1 Å². The first kappa shape index (κ1) is 32.3. The number of carbonyl (C=O) groups is 3. The number of amides is 3. The van der Waals surface area contributed by atoms with Crippen molar-refractivity contribution in [2.45, 2.75) is 69.7 Å². The van der Waals surface area contributed by atoms with Crippen molar-refractivity contribution in [2.24, 2.45) is 0 Å². The first-order chi connectivity index (χ1) is 22.2. The molecule has 2 aromatic carbocycles. The van der Waals surface area contributed by atoms with Gasteiger partial charge in [-0.15, -0.1) is 0 Å². The van der Waals surface area contributed by atoms with E-state index in [0.717, 1.165) is 49.2 Å². The molecule has 1 atom stereocenters. The number of hydrogen-bond donors (Lipinski definition) is 3. The number of rotatable bonds is 7. The topological polar surface area (TPSA) is 138 Å². The van der Waals surface area contributed by atoms with Gasteiger partial charge in [-0.2, -0.15) is 13.2 Å². The molecular formula is C34H34F3N5O5. The molecule has 4 aromatic rings. The Labute approximate surface area is 268 Å². The minimum atomic E-state index is -4.71. The molecule has 4 heterocycles. The maximum absolute atomic E-state index is 13.2. The molecule has 13 heteroatoms. The molecule has 6 rings (SSSR count). The average molecular weight is 650 g/mol. The summed E-state index contributed by atoms with van der Waals surface area (Å²) in [6.45, 7) is 5.34. The highest BCUT2D eigenvalue weighted by Crippen LogP contribution is 2.36. The number of alkyl halides is 3. The standard InChI is InChI=1S/C34H34F3N5O5/c1-33(2,46)23-16-26-27(17-25(23)39-31(45)24-7-4-8-28(38-24)34(35,36)37)47-32(40-26)20-11-13-42(14-12-20)18-19-5-3-6-21(15-19)22-9-10-29(43)41-30(22)44/h3-8,15-17,20,22,46H,9-14,18H2,1-2H3,(H,39,45)(H,41,43,44). The number of aromatic nitrogens is 2. The zero-order valence-corrected chi connectivity index (χ0v) is 25.9. The zero-order valence-electron chi connectivity index (χ0n) is 25.9. The fraction of sp³-hybridized carbons (Fsp3) is 0.382. The molecule has 3 amide bonds. The van der Waals surface area contributed by atoms with E-state index in [1.807, 2.05) is 24.3 Å². The number of fused-ring (bicyclic) bond motifs is 1. The first-order valence-electron chi connectivity index (χ1n) is 15.4. The second kappa shape index (κ2) is 12.5. The normalized spacial score (nSPS) is 18.4. The molecule has 10 nitrogen and oxygen atoms in total. The highest BCUT2D eigenvalue weighted by Gasteiger charge is 2.34. The van der Waals surface area contributed by atoms with Gasteiger partial charge in [0.05, 0.1) is 17.2 Å². The minimum Gasteiger partial charge on any atom is -0.440 e. The van der Waals surface area contributed by atoms with E-state index in [0.29, 0.717) is 41.9 Å². The minimum absolute atomic E-state index is 0.0337.